The maximum atomic E-state index is 13.0. The van der Waals surface area contributed by atoms with Crippen LogP contribution >= 0.6 is 0 Å². The van der Waals surface area contributed by atoms with Gasteiger partial charge in [-0.15, -0.1) is 5.06 Å². The second-order valence-corrected chi connectivity index (χ2v) is 10.1. The van der Waals surface area contributed by atoms with Gasteiger partial charge in [0.2, 0.25) is 0 Å². The first-order chi connectivity index (χ1) is 17.9. The molecule has 0 amide bonds. The number of nitrogens with one attached hydrogen (secondary N) is 1. The van der Waals surface area contributed by atoms with E-state index in [4.69, 9.17) is 9.82 Å². The van der Waals surface area contributed by atoms with Gasteiger partial charge in [-0.25, -0.2) is 9.78 Å². The smallest absolute Gasteiger partial charge is 0.357 e. The van der Waals surface area contributed by atoms with Crippen LogP contribution in [0, 0.1) is 5.92 Å². The lowest BCUT2D eigenvalue weighted by molar-refractivity contribution is -0.204. The molecule has 0 unspecified atom stereocenters. The third kappa shape index (κ3) is 5.60. The van der Waals surface area contributed by atoms with E-state index in [0.29, 0.717) is 29.8 Å². The van der Waals surface area contributed by atoms with Crippen molar-refractivity contribution in [3.05, 3.63) is 53.3 Å². The number of pyridine rings is 1. The van der Waals surface area contributed by atoms with Crippen molar-refractivity contribution < 1.29 is 24.6 Å². The number of rotatable bonds is 10. The Morgan fingerprint density at radius 3 is 2.89 bits per heavy atom. The van der Waals surface area contributed by atoms with E-state index >= 15 is 0 Å². The Labute approximate surface area is 215 Å². The Hall–Kier alpha value is -3.50. The molecular weight excluding hydrogens is 474 g/mol. The summed E-state index contributed by atoms with van der Waals surface area (Å²) in [6.07, 6.45) is 7.20. The minimum Gasteiger partial charge on any atom is -0.480 e. The van der Waals surface area contributed by atoms with Gasteiger partial charge in [-0.1, -0.05) is 12.1 Å². The molecule has 10 heteroatoms. The highest BCUT2D eigenvalue weighted by Gasteiger charge is 2.41. The standard InChI is InChI=1S/C27H33N5O5/c1-31-16-20-6-5-19(15-23(20)30-31)27(36)37-32(24(10-12-33)26(34)35)22-13-17(14-22)4-8-21-9-7-18-3-2-11-28-25(18)29-21/h5-7,9,15-17,22,24,33H,2-4,8,10-14H2,1H3,(H,28,29)(H,34,35)/t17?,22?,24-/m0/s1. The first kappa shape index (κ1) is 25.2. The minimum absolute atomic E-state index is 0.0326. The van der Waals surface area contributed by atoms with Gasteiger partial charge in [0.05, 0.1) is 11.1 Å². The SMILES string of the molecule is Cn1cc2ccc(C(=O)ON(C3CC(CCc4ccc5c(n4)NCCC5)C3)[C@@H](CCO)C(=O)O)cc2n1. The van der Waals surface area contributed by atoms with Crippen molar-refractivity contribution in [1.82, 2.24) is 19.8 Å². The van der Waals surface area contributed by atoms with Crippen LogP contribution < -0.4 is 5.32 Å². The number of benzene rings is 1. The summed E-state index contributed by atoms with van der Waals surface area (Å²) in [5.74, 6) is -0.391. The normalized spacial score (nSPS) is 19.6. The summed E-state index contributed by atoms with van der Waals surface area (Å²) < 4.78 is 1.67. The van der Waals surface area contributed by atoms with Crippen LogP contribution in [0.2, 0.25) is 0 Å². The number of hydroxylamine groups is 2. The molecule has 10 nitrogen and oxygen atoms in total. The Morgan fingerprint density at radius 2 is 2.11 bits per heavy atom. The molecule has 1 aliphatic carbocycles. The van der Waals surface area contributed by atoms with Gasteiger partial charge in [-0.2, -0.15) is 5.10 Å². The lowest BCUT2D eigenvalue weighted by atomic mass is 9.76. The monoisotopic (exact) mass is 507 g/mol. The summed E-state index contributed by atoms with van der Waals surface area (Å²) >= 11 is 0. The van der Waals surface area contributed by atoms with Gasteiger partial charge in [0, 0.05) is 43.5 Å². The number of aromatic nitrogens is 3. The van der Waals surface area contributed by atoms with Gasteiger partial charge >= 0.3 is 11.9 Å². The van der Waals surface area contributed by atoms with Crippen molar-refractivity contribution in [3.8, 4) is 0 Å². The maximum Gasteiger partial charge on any atom is 0.357 e. The Balaban J connectivity index is 1.23. The van der Waals surface area contributed by atoms with Crippen LogP contribution in [0.1, 0.15) is 53.7 Å². The van der Waals surface area contributed by atoms with Gasteiger partial charge in [0.1, 0.15) is 11.9 Å². The van der Waals surface area contributed by atoms with E-state index in [1.54, 1.807) is 29.9 Å². The van der Waals surface area contributed by atoms with Crippen LogP contribution in [-0.2, 0) is 29.5 Å². The van der Waals surface area contributed by atoms with Gasteiger partial charge in [-0.3, -0.25) is 9.48 Å². The molecule has 0 bridgehead atoms. The minimum atomic E-state index is -1.13. The number of hydrogen-bond donors (Lipinski definition) is 3. The zero-order chi connectivity index (χ0) is 25.9. The largest absolute Gasteiger partial charge is 0.480 e. The average molecular weight is 508 g/mol. The topological polar surface area (TPSA) is 130 Å². The van der Waals surface area contributed by atoms with Crippen LogP contribution in [-0.4, -0.2) is 67.2 Å². The predicted molar refractivity (Wildman–Crippen MR) is 137 cm³/mol. The van der Waals surface area contributed by atoms with E-state index in [0.717, 1.165) is 49.1 Å². The second kappa shape index (κ2) is 10.9. The van der Waals surface area contributed by atoms with Crippen molar-refractivity contribution in [2.45, 2.75) is 57.0 Å². The molecule has 3 aromatic rings. The number of anilines is 1. The Kier molecular flexibility index (Phi) is 7.38. The number of hydrogen-bond acceptors (Lipinski definition) is 8. The van der Waals surface area contributed by atoms with Gasteiger partial charge in [0.25, 0.3) is 0 Å². The number of carbonyl (C=O) groups excluding carboxylic acids is 1. The molecule has 1 fully saturated rings. The van der Waals surface area contributed by atoms with Gasteiger partial charge < -0.3 is 20.4 Å². The lowest BCUT2D eigenvalue weighted by Gasteiger charge is -2.43. The van der Waals surface area contributed by atoms with Crippen molar-refractivity contribution in [2.75, 3.05) is 18.5 Å². The van der Waals surface area contributed by atoms with Crippen LogP contribution in [0.25, 0.3) is 10.9 Å². The molecule has 2 aliphatic rings. The summed E-state index contributed by atoms with van der Waals surface area (Å²) in [6.45, 7) is 0.635. The molecule has 3 heterocycles. The third-order valence-corrected chi connectivity index (χ3v) is 7.37. The van der Waals surface area contributed by atoms with E-state index in [-0.39, 0.29) is 19.1 Å². The highest BCUT2D eigenvalue weighted by Crippen LogP contribution is 2.37. The highest BCUT2D eigenvalue weighted by molar-refractivity contribution is 5.94. The molecule has 2 aromatic heterocycles. The zero-order valence-electron chi connectivity index (χ0n) is 21.0. The quantitative estimate of drug-likeness (QED) is 0.355. The number of aliphatic carboxylic acids is 1. The fourth-order valence-corrected chi connectivity index (χ4v) is 5.29. The molecule has 1 aliphatic heterocycles. The van der Waals surface area contributed by atoms with Crippen LogP contribution in [0.4, 0.5) is 5.82 Å². The second-order valence-electron chi connectivity index (χ2n) is 10.1. The van der Waals surface area contributed by atoms with Crippen LogP contribution in [0.3, 0.4) is 0 Å². The Bertz CT molecular complexity index is 1290. The molecule has 1 saturated carbocycles. The summed E-state index contributed by atoms with van der Waals surface area (Å²) in [5.41, 5.74) is 3.27. The van der Waals surface area contributed by atoms with Crippen LogP contribution in [0.5, 0.6) is 0 Å². The lowest BCUT2D eigenvalue weighted by Crippen LogP contribution is -2.53. The molecule has 0 saturated heterocycles. The van der Waals surface area contributed by atoms with E-state index in [1.165, 1.54) is 10.6 Å². The number of aliphatic hydroxyl groups excluding tert-OH is 1. The highest BCUT2D eigenvalue weighted by atomic mass is 16.7. The molecule has 0 radical (unpaired) electrons. The molecule has 1 aromatic carbocycles. The maximum absolute atomic E-state index is 13.0. The summed E-state index contributed by atoms with van der Waals surface area (Å²) in [7, 11) is 1.80. The molecule has 5 rings (SSSR count). The fraction of sp³-hybridized carbons (Fsp3) is 0.481. The summed E-state index contributed by atoms with van der Waals surface area (Å²) in [6, 6.07) is 7.98. The van der Waals surface area contributed by atoms with E-state index in [9.17, 15) is 19.8 Å². The molecule has 196 valence electrons. The number of carboxylic acids is 1. The van der Waals surface area contributed by atoms with Gasteiger partial charge in [0.15, 0.2) is 0 Å². The van der Waals surface area contributed by atoms with Crippen molar-refractivity contribution in [3.63, 3.8) is 0 Å². The number of fused-ring (bicyclic) bond motifs is 2. The zero-order valence-corrected chi connectivity index (χ0v) is 21.0. The first-order valence-corrected chi connectivity index (χ1v) is 12.9. The van der Waals surface area contributed by atoms with Crippen LogP contribution in [0.15, 0.2) is 36.5 Å². The summed E-state index contributed by atoms with van der Waals surface area (Å²) in [4.78, 5) is 35.5. The molecule has 37 heavy (non-hydrogen) atoms. The van der Waals surface area contributed by atoms with Crippen molar-refractivity contribution in [1.29, 1.82) is 0 Å². The molecule has 3 N–H and O–H groups in total. The van der Waals surface area contributed by atoms with E-state index in [2.05, 4.69) is 22.5 Å². The van der Waals surface area contributed by atoms with Crippen molar-refractivity contribution >= 4 is 28.7 Å². The third-order valence-electron chi connectivity index (χ3n) is 7.37. The molecule has 0 spiro atoms. The number of nitrogens with zero attached hydrogens (tertiary/aromatic N) is 4. The fourth-order valence-electron chi connectivity index (χ4n) is 5.29. The Morgan fingerprint density at radius 1 is 1.27 bits per heavy atom. The first-order valence-electron chi connectivity index (χ1n) is 12.9. The molecular formula is C27H33N5O5. The number of carboxylic acid groups (broad SMARTS) is 1. The number of carbonyl (C=O) groups is 2. The number of aryl methyl sites for hydroxylation is 3. The number of aliphatic hydroxyl groups is 1. The van der Waals surface area contributed by atoms with Gasteiger partial charge in [-0.05, 0) is 74.6 Å². The predicted octanol–water partition coefficient (Wildman–Crippen LogP) is 2.95. The van der Waals surface area contributed by atoms with E-state index in [1.807, 2.05) is 6.20 Å². The average Bonchev–Trinajstić information content (AvgIpc) is 3.24. The van der Waals surface area contributed by atoms with E-state index < -0.39 is 18.0 Å². The summed E-state index contributed by atoms with van der Waals surface area (Å²) in [5, 5.41) is 29.2. The van der Waals surface area contributed by atoms with Crippen molar-refractivity contribution in [2.24, 2.45) is 13.0 Å². The molecule has 1 atom stereocenters.